The molecule has 3 aromatic carbocycles. The molecule has 0 aromatic heterocycles. The molecule has 7 heteroatoms. The molecule has 0 spiro atoms. The largest absolute Gasteiger partial charge is 0.465 e. The van der Waals surface area contributed by atoms with Crippen molar-refractivity contribution in [2.24, 2.45) is 5.92 Å². The second-order valence-electron chi connectivity index (χ2n) is 9.26. The second kappa shape index (κ2) is 8.89. The van der Waals surface area contributed by atoms with Crippen LogP contribution in [0.2, 0.25) is 0 Å². The van der Waals surface area contributed by atoms with Crippen LogP contribution >= 0.6 is 0 Å². The van der Waals surface area contributed by atoms with Gasteiger partial charge in [0, 0.05) is 11.6 Å². The van der Waals surface area contributed by atoms with E-state index in [2.05, 4.69) is 22.2 Å². The van der Waals surface area contributed by atoms with Crippen molar-refractivity contribution >= 4 is 27.4 Å². The number of esters is 1. The van der Waals surface area contributed by atoms with E-state index < -0.39 is 10.0 Å². The highest BCUT2D eigenvalue weighted by atomic mass is 32.2. The van der Waals surface area contributed by atoms with Crippen LogP contribution in [0.5, 0.6) is 0 Å². The van der Waals surface area contributed by atoms with E-state index in [1.54, 1.807) is 30.3 Å². The Morgan fingerprint density at radius 1 is 1.03 bits per heavy atom. The highest BCUT2D eigenvalue weighted by Gasteiger charge is 2.38. The van der Waals surface area contributed by atoms with Crippen LogP contribution in [0.3, 0.4) is 0 Å². The molecule has 35 heavy (non-hydrogen) atoms. The van der Waals surface area contributed by atoms with Gasteiger partial charge in [-0.1, -0.05) is 42.0 Å². The van der Waals surface area contributed by atoms with Crippen molar-refractivity contribution in [2.75, 3.05) is 17.1 Å². The fourth-order valence-electron chi connectivity index (χ4n) is 5.15. The molecule has 0 bridgehead atoms. The van der Waals surface area contributed by atoms with Crippen LogP contribution in [0.1, 0.15) is 51.0 Å². The third-order valence-corrected chi connectivity index (χ3v) is 8.32. The minimum absolute atomic E-state index is 0.0463. The summed E-state index contributed by atoms with van der Waals surface area (Å²) in [6.45, 7) is 3.88. The summed E-state index contributed by atoms with van der Waals surface area (Å²) in [5, 5.41) is 3.62. The van der Waals surface area contributed by atoms with E-state index in [9.17, 15) is 13.2 Å². The van der Waals surface area contributed by atoms with Gasteiger partial charge in [-0.25, -0.2) is 13.2 Å². The molecule has 0 saturated carbocycles. The highest BCUT2D eigenvalue weighted by Crippen LogP contribution is 2.50. The Labute approximate surface area is 206 Å². The number of rotatable bonds is 5. The molecule has 2 aliphatic rings. The van der Waals surface area contributed by atoms with Crippen molar-refractivity contribution in [2.45, 2.75) is 37.1 Å². The fraction of sp³-hybridized carbons (Fsp3) is 0.250. The molecule has 180 valence electrons. The number of hydrogen-bond donors (Lipinski definition) is 2. The van der Waals surface area contributed by atoms with Crippen molar-refractivity contribution in [3.8, 4) is 0 Å². The lowest BCUT2D eigenvalue weighted by Gasteiger charge is -2.37. The van der Waals surface area contributed by atoms with Crippen molar-refractivity contribution in [1.82, 2.24) is 0 Å². The van der Waals surface area contributed by atoms with E-state index in [0.29, 0.717) is 11.3 Å². The SMILES string of the molecule is COC(=O)c1ccc([C@H]2Nc3ccc(S(=O)(=O)Nc4ccc(C)cc4C)cc3[C@@H]3C=CC[C@@H]23)cc1. The number of allylic oxidation sites excluding steroid dienone is 2. The minimum Gasteiger partial charge on any atom is -0.465 e. The lowest BCUT2D eigenvalue weighted by molar-refractivity contribution is 0.0600. The third-order valence-electron chi connectivity index (χ3n) is 6.96. The zero-order valence-electron chi connectivity index (χ0n) is 19.9. The number of carbonyl (C=O) groups is 1. The number of fused-ring (bicyclic) bond motifs is 3. The lowest BCUT2D eigenvalue weighted by Crippen LogP contribution is -2.29. The zero-order valence-corrected chi connectivity index (χ0v) is 20.7. The Morgan fingerprint density at radius 2 is 1.80 bits per heavy atom. The van der Waals surface area contributed by atoms with E-state index in [1.165, 1.54) is 7.11 Å². The number of methoxy groups -OCH3 is 1. The van der Waals surface area contributed by atoms with Gasteiger partial charge < -0.3 is 10.1 Å². The Kier molecular flexibility index (Phi) is 5.89. The molecule has 5 rings (SSSR count). The number of sulfonamides is 1. The first-order chi connectivity index (χ1) is 16.8. The number of carbonyl (C=O) groups excluding carboxylic acids is 1. The van der Waals surface area contributed by atoms with Crippen LogP contribution in [0, 0.1) is 19.8 Å². The summed E-state index contributed by atoms with van der Waals surface area (Å²) in [6, 6.07) is 18.5. The van der Waals surface area contributed by atoms with Gasteiger partial charge in [-0.3, -0.25) is 4.72 Å². The summed E-state index contributed by atoms with van der Waals surface area (Å²) >= 11 is 0. The van der Waals surface area contributed by atoms with Crippen LogP contribution in [0.25, 0.3) is 0 Å². The lowest BCUT2D eigenvalue weighted by atomic mass is 9.77. The fourth-order valence-corrected chi connectivity index (χ4v) is 6.31. The van der Waals surface area contributed by atoms with Gasteiger partial charge in [0.2, 0.25) is 0 Å². The van der Waals surface area contributed by atoms with Gasteiger partial charge in [0.1, 0.15) is 0 Å². The Balaban J connectivity index is 1.45. The van der Waals surface area contributed by atoms with Crippen LogP contribution < -0.4 is 10.0 Å². The van der Waals surface area contributed by atoms with E-state index in [1.807, 2.05) is 44.2 Å². The second-order valence-corrected chi connectivity index (χ2v) is 10.9. The average molecular weight is 489 g/mol. The molecule has 3 atom stereocenters. The van der Waals surface area contributed by atoms with Gasteiger partial charge in [0.05, 0.1) is 29.3 Å². The van der Waals surface area contributed by atoms with Crippen LogP contribution in [-0.2, 0) is 14.8 Å². The number of aryl methyl sites for hydroxylation is 2. The predicted molar refractivity (Wildman–Crippen MR) is 137 cm³/mol. The van der Waals surface area contributed by atoms with Crippen molar-refractivity contribution < 1.29 is 17.9 Å². The maximum absolute atomic E-state index is 13.2. The Hall–Kier alpha value is -3.58. The van der Waals surface area contributed by atoms with E-state index in [4.69, 9.17) is 4.74 Å². The van der Waals surface area contributed by atoms with Gasteiger partial charge >= 0.3 is 5.97 Å². The monoisotopic (exact) mass is 488 g/mol. The molecular weight excluding hydrogens is 460 g/mol. The molecule has 0 amide bonds. The quantitative estimate of drug-likeness (QED) is 0.355. The van der Waals surface area contributed by atoms with Crippen molar-refractivity contribution in [1.29, 1.82) is 0 Å². The molecule has 0 radical (unpaired) electrons. The molecule has 2 N–H and O–H groups in total. The first-order valence-electron chi connectivity index (χ1n) is 11.6. The maximum Gasteiger partial charge on any atom is 0.337 e. The minimum atomic E-state index is -3.74. The number of nitrogens with one attached hydrogen (secondary N) is 2. The summed E-state index contributed by atoms with van der Waals surface area (Å²) in [6.07, 6.45) is 5.23. The van der Waals surface area contributed by atoms with E-state index in [-0.39, 0.29) is 28.7 Å². The van der Waals surface area contributed by atoms with E-state index >= 15 is 0 Å². The summed E-state index contributed by atoms with van der Waals surface area (Å²) < 4.78 is 34.0. The number of benzene rings is 3. The number of anilines is 2. The van der Waals surface area contributed by atoms with Gasteiger partial charge in [0.25, 0.3) is 10.0 Å². The Bertz CT molecular complexity index is 1430. The normalized spacial score (nSPS) is 20.5. The van der Waals surface area contributed by atoms with Crippen LogP contribution in [0.4, 0.5) is 11.4 Å². The highest BCUT2D eigenvalue weighted by molar-refractivity contribution is 7.92. The molecule has 6 nitrogen and oxygen atoms in total. The molecule has 3 aromatic rings. The van der Waals surface area contributed by atoms with E-state index in [0.717, 1.165) is 34.4 Å². The number of hydrogen-bond acceptors (Lipinski definition) is 5. The molecule has 1 heterocycles. The van der Waals surface area contributed by atoms with Crippen LogP contribution in [-0.4, -0.2) is 21.5 Å². The molecule has 1 aliphatic heterocycles. The summed E-state index contributed by atoms with van der Waals surface area (Å²) in [7, 11) is -2.37. The summed E-state index contributed by atoms with van der Waals surface area (Å²) in [4.78, 5) is 12.1. The molecule has 1 aliphatic carbocycles. The molecular formula is C28H28N2O4S. The number of ether oxygens (including phenoxy) is 1. The summed E-state index contributed by atoms with van der Waals surface area (Å²) in [5.74, 6) is -0.00776. The molecule has 0 unspecified atom stereocenters. The summed E-state index contributed by atoms with van der Waals surface area (Å²) in [5.41, 5.74) is 6.04. The predicted octanol–water partition coefficient (Wildman–Crippen LogP) is 5.72. The topological polar surface area (TPSA) is 84.5 Å². The van der Waals surface area contributed by atoms with Crippen molar-refractivity contribution in [3.63, 3.8) is 0 Å². The third kappa shape index (κ3) is 4.32. The molecule has 0 saturated heterocycles. The van der Waals surface area contributed by atoms with Gasteiger partial charge in [-0.05, 0) is 79.3 Å². The average Bonchev–Trinajstić information content (AvgIpc) is 3.35. The van der Waals surface area contributed by atoms with Gasteiger partial charge in [0.15, 0.2) is 0 Å². The standard InChI is InChI=1S/C28H28N2O4S/c1-17-7-13-25(18(2)15-17)30-35(32,33)21-12-14-26-24(16-21)22-5-4-6-23(22)27(29-26)19-8-10-20(11-9-19)28(31)34-3/h4-5,7-16,22-23,27,29-30H,6H2,1-3H3/t22-,23-,27-/m1/s1. The Morgan fingerprint density at radius 3 is 2.51 bits per heavy atom. The molecule has 0 fully saturated rings. The maximum atomic E-state index is 13.2. The first-order valence-corrected chi connectivity index (χ1v) is 13.1. The van der Waals surface area contributed by atoms with Gasteiger partial charge in [-0.15, -0.1) is 0 Å². The first kappa shape index (κ1) is 23.2. The van der Waals surface area contributed by atoms with Crippen LogP contribution in [0.15, 0.2) is 77.7 Å². The van der Waals surface area contributed by atoms with Gasteiger partial charge in [-0.2, -0.15) is 0 Å². The smallest absolute Gasteiger partial charge is 0.337 e. The zero-order chi connectivity index (χ0) is 24.7. The van der Waals surface area contributed by atoms with Crippen molar-refractivity contribution in [3.05, 3.63) is 101 Å².